The molecule has 2 aromatic carbocycles. The average molecular weight is 375 g/mol. The Morgan fingerprint density at radius 1 is 1.19 bits per heavy atom. The van der Waals surface area contributed by atoms with Gasteiger partial charge >= 0.3 is 0 Å². The molecule has 0 aliphatic carbocycles. The van der Waals surface area contributed by atoms with E-state index in [9.17, 15) is 4.79 Å². The number of nitrogens with one attached hydrogen (secondary N) is 1. The lowest BCUT2D eigenvalue weighted by Gasteiger charge is -2.19. The van der Waals surface area contributed by atoms with E-state index in [0.717, 1.165) is 5.56 Å². The second kappa shape index (κ2) is 8.72. The Balaban J connectivity index is 1.82. The average Bonchev–Trinajstić information content (AvgIpc) is 2.60. The summed E-state index contributed by atoms with van der Waals surface area (Å²) >= 11 is 6.03. The summed E-state index contributed by atoms with van der Waals surface area (Å²) in [6.45, 7) is 6.31. The molecule has 0 spiro atoms. The van der Waals surface area contributed by atoms with Crippen LogP contribution in [0.15, 0.2) is 47.6 Å². The number of ether oxygens (including phenoxy) is 2. The zero-order valence-corrected chi connectivity index (χ0v) is 16.1. The van der Waals surface area contributed by atoms with Crippen molar-refractivity contribution in [3.05, 3.63) is 58.6 Å². The second-order valence-corrected chi connectivity index (χ2v) is 7.16. The molecular weight excluding hydrogens is 352 g/mol. The first-order valence-corrected chi connectivity index (χ1v) is 8.56. The molecule has 0 aliphatic heterocycles. The summed E-state index contributed by atoms with van der Waals surface area (Å²) in [5.74, 6) is 0.874. The lowest BCUT2D eigenvalue weighted by Crippen LogP contribution is -2.24. The van der Waals surface area contributed by atoms with Gasteiger partial charge in [-0.1, -0.05) is 44.5 Å². The predicted octanol–water partition coefficient (Wildman–Crippen LogP) is 4.18. The van der Waals surface area contributed by atoms with Gasteiger partial charge in [0, 0.05) is 0 Å². The quantitative estimate of drug-likeness (QED) is 0.609. The van der Waals surface area contributed by atoms with E-state index >= 15 is 0 Å². The Morgan fingerprint density at radius 2 is 1.88 bits per heavy atom. The number of halogens is 1. The van der Waals surface area contributed by atoms with E-state index in [4.69, 9.17) is 21.1 Å². The largest absolute Gasteiger partial charge is 0.495 e. The van der Waals surface area contributed by atoms with Crippen LogP contribution in [0.1, 0.15) is 31.9 Å². The highest BCUT2D eigenvalue weighted by atomic mass is 35.5. The van der Waals surface area contributed by atoms with E-state index in [0.29, 0.717) is 16.5 Å². The molecule has 0 unspecified atom stereocenters. The van der Waals surface area contributed by atoms with E-state index in [-0.39, 0.29) is 17.9 Å². The van der Waals surface area contributed by atoms with Crippen LogP contribution >= 0.6 is 11.6 Å². The van der Waals surface area contributed by atoms with Crippen LogP contribution < -0.4 is 14.9 Å². The first kappa shape index (κ1) is 19.8. The lowest BCUT2D eigenvalue weighted by molar-refractivity contribution is -0.123. The predicted molar refractivity (Wildman–Crippen MR) is 104 cm³/mol. The van der Waals surface area contributed by atoms with E-state index < -0.39 is 0 Å². The smallest absolute Gasteiger partial charge is 0.277 e. The van der Waals surface area contributed by atoms with Crippen molar-refractivity contribution in [2.24, 2.45) is 5.10 Å². The molecule has 0 aromatic heterocycles. The van der Waals surface area contributed by atoms with Crippen molar-refractivity contribution in [2.75, 3.05) is 13.7 Å². The third-order valence-electron chi connectivity index (χ3n) is 3.67. The molecular formula is C20H23ClN2O3. The zero-order valence-electron chi connectivity index (χ0n) is 15.4. The summed E-state index contributed by atoms with van der Waals surface area (Å²) in [6, 6.07) is 12.9. The number of methoxy groups -OCH3 is 1. The fourth-order valence-corrected chi connectivity index (χ4v) is 2.44. The monoisotopic (exact) mass is 374 g/mol. The standard InChI is InChI=1S/C20H23ClN2O3/c1-20(2,3)15-6-8-16(9-7-15)26-13-19(24)23-22-12-14-5-10-18(25-4)17(21)11-14/h5-12H,13H2,1-4H3,(H,23,24). The summed E-state index contributed by atoms with van der Waals surface area (Å²) in [5, 5.41) is 4.37. The van der Waals surface area contributed by atoms with Crippen molar-refractivity contribution in [1.29, 1.82) is 0 Å². The minimum absolute atomic E-state index is 0.0783. The van der Waals surface area contributed by atoms with Gasteiger partial charge in [-0.05, 0) is 46.9 Å². The van der Waals surface area contributed by atoms with Crippen LogP contribution in [0.2, 0.25) is 5.02 Å². The normalized spacial score (nSPS) is 11.4. The van der Waals surface area contributed by atoms with Crippen molar-refractivity contribution in [3.63, 3.8) is 0 Å². The molecule has 0 bridgehead atoms. The van der Waals surface area contributed by atoms with Gasteiger partial charge in [0.15, 0.2) is 6.61 Å². The number of carbonyl (C=O) groups excluding carboxylic acids is 1. The van der Waals surface area contributed by atoms with Gasteiger partial charge in [0.2, 0.25) is 0 Å². The molecule has 5 nitrogen and oxygen atoms in total. The number of carbonyl (C=O) groups is 1. The minimum Gasteiger partial charge on any atom is -0.495 e. The van der Waals surface area contributed by atoms with E-state index in [1.807, 2.05) is 24.3 Å². The van der Waals surface area contributed by atoms with Gasteiger partial charge < -0.3 is 9.47 Å². The fraction of sp³-hybridized carbons (Fsp3) is 0.300. The fourth-order valence-electron chi connectivity index (χ4n) is 2.17. The molecule has 138 valence electrons. The summed E-state index contributed by atoms with van der Waals surface area (Å²) in [7, 11) is 1.55. The van der Waals surface area contributed by atoms with E-state index in [1.165, 1.54) is 11.8 Å². The Morgan fingerprint density at radius 3 is 2.46 bits per heavy atom. The van der Waals surface area contributed by atoms with Gasteiger partial charge in [-0.3, -0.25) is 4.79 Å². The van der Waals surface area contributed by atoms with Gasteiger partial charge in [0.25, 0.3) is 5.91 Å². The number of hydrogen-bond donors (Lipinski definition) is 1. The van der Waals surface area contributed by atoms with Gasteiger partial charge in [-0.15, -0.1) is 0 Å². The van der Waals surface area contributed by atoms with Crippen LogP contribution in [0.5, 0.6) is 11.5 Å². The Bertz CT molecular complexity index is 781. The number of hydrazone groups is 1. The molecule has 2 rings (SSSR count). The molecule has 0 radical (unpaired) electrons. The number of benzene rings is 2. The third kappa shape index (κ3) is 5.77. The van der Waals surface area contributed by atoms with Gasteiger partial charge in [-0.2, -0.15) is 5.10 Å². The van der Waals surface area contributed by atoms with Gasteiger partial charge in [0.05, 0.1) is 18.3 Å². The maximum Gasteiger partial charge on any atom is 0.277 e. The van der Waals surface area contributed by atoms with Crippen molar-refractivity contribution >= 4 is 23.7 Å². The Labute approximate surface area is 159 Å². The van der Waals surface area contributed by atoms with Gasteiger partial charge in [-0.25, -0.2) is 5.43 Å². The van der Waals surface area contributed by atoms with Crippen LogP contribution in [0.3, 0.4) is 0 Å². The van der Waals surface area contributed by atoms with E-state index in [1.54, 1.807) is 25.3 Å². The first-order chi connectivity index (χ1) is 12.3. The molecule has 0 saturated heterocycles. The number of rotatable bonds is 6. The minimum atomic E-state index is -0.347. The highest BCUT2D eigenvalue weighted by molar-refractivity contribution is 6.32. The Hall–Kier alpha value is -2.53. The third-order valence-corrected chi connectivity index (χ3v) is 3.96. The summed E-state index contributed by atoms with van der Waals surface area (Å²) in [6.07, 6.45) is 1.50. The van der Waals surface area contributed by atoms with Crippen molar-refractivity contribution in [3.8, 4) is 11.5 Å². The summed E-state index contributed by atoms with van der Waals surface area (Å²) in [4.78, 5) is 11.8. The highest BCUT2D eigenvalue weighted by Crippen LogP contribution is 2.25. The molecule has 0 saturated carbocycles. The Kier molecular flexibility index (Phi) is 6.64. The maximum atomic E-state index is 11.8. The molecule has 0 atom stereocenters. The summed E-state index contributed by atoms with van der Waals surface area (Å²) < 4.78 is 10.5. The molecule has 26 heavy (non-hydrogen) atoms. The zero-order chi connectivity index (χ0) is 19.2. The number of hydrogen-bond acceptors (Lipinski definition) is 4. The second-order valence-electron chi connectivity index (χ2n) is 6.75. The van der Waals surface area contributed by atoms with Crippen LogP contribution in [-0.4, -0.2) is 25.8 Å². The summed E-state index contributed by atoms with van der Waals surface area (Å²) in [5.41, 5.74) is 4.45. The molecule has 2 aromatic rings. The highest BCUT2D eigenvalue weighted by Gasteiger charge is 2.13. The first-order valence-electron chi connectivity index (χ1n) is 8.18. The molecule has 0 aliphatic rings. The van der Waals surface area contributed by atoms with Crippen molar-refractivity contribution in [1.82, 2.24) is 5.43 Å². The SMILES string of the molecule is COc1ccc(C=NNC(=O)COc2ccc(C(C)(C)C)cc2)cc1Cl. The maximum absolute atomic E-state index is 11.8. The molecule has 0 heterocycles. The number of nitrogens with zero attached hydrogens (tertiary/aromatic N) is 1. The molecule has 1 amide bonds. The topological polar surface area (TPSA) is 59.9 Å². The van der Waals surface area contributed by atoms with Crippen molar-refractivity contribution < 1.29 is 14.3 Å². The van der Waals surface area contributed by atoms with Crippen LogP contribution in [0.4, 0.5) is 0 Å². The van der Waals surface area contributed by atoms with Crippen LogP contribution in [0.25, 0.3) is 0 Å². The van der Waals surface area contributed by atoms with Crippen LogP contribution in [0, 0.1) is 0 Å². The molecule has 1 N–H and O–H groups in total. The molecule has 0 fully saturated rings. The van der Waals surface area contributed by atoms with Gasteiger partial charge in [0.1, 0.15) is 11.5 Å². The van der Waals surface area contributed by atoms with E-state index in [2.05, 4.69) is 31.3 Å². The molecule has 6 heteroatoms. The van der Waals surface area contributed by atoms with Crippen LogP contribution in [-0.2, 0) is 10.2 Å². The van der Waals surface area contributed by atoms with Crippen molar-refractivity contribution in [2.45, 2.75) is 26.2 Å². The lowest BCUT2D eigenvalue weighted by atomic mass is 9.87. The number of amides is 1.